The van der Waals surface area contributed by atoms with Crippen LogP contribution in [0.1, 0.15) is 36.8 Å². The molecule has 2 aromatic carbocycles. The molecule has 0 aliphatic carbocycles. The van der Waals surface area contributed by atoms with Gasteiger partial charge in [0.1, 0.15) is 11.1 Å². The number of benzene rings is 2. The summed E-state index contributed by atoms with van der Waals surface area (Å²) < 4.78 is 27.6. The van der Waals surface area contributed by atoms with Crippen molar-refractivity contribution in [3.8, 4) is 17.6 Å². The number of rotatable bonds is 5. The second-order valence-corrected chi connectivity index (χ2v) is 8.35. The van der Waals surface area contributed by atoms with Crippen LogP contribution >= 0.6 is 0 Å². The summed E-state index contributed by atoms with van der Waals surface area (Å²) in [6.45, 7) is 5.92. The van der Waals surface area contributed by atoms with Crippen LogP contribution in [-0.4, -0.2) is 21.2 Å². The van der Waals surface area contributed by atoms with Crippen LogP contribution in [0.25, 0.3) is 0 Å². The molecule has 1 aliphatic rings. The maximum atomic E-state index is 12.3. The summed E-state index contributed by atoms with van der Waals surface area (Å²) in [4.78, 5) is 1.94. The molecule has 2 aromatic rings. The van der Waals surface area contributed by atoms with Gasteiger partial charge in [0.2, 0.25) is 0 Å². The normalized spacial score (nSPS) is 17.6. The van der Waals surface area contributed by atoms with Crippen LogP contribution in [0.4, 0.5) is 5.69 Å². The van der Waals surface area contributed by atoms with Crippen molar-refractivity contribution in [3.63, 3.8) is 0 Å². The van der Waals surface area contributed by atoms with Gasteiger partial charge in [-0.1, -0.05) is 29.7 Å². The molecule has 0 saturated heterocycles. The Morgan fingerprint density at radius 1 is 1.20 bits per heavy atom. The van der Waals surface area contributed by atoms with Crippen molar-refractivity contribution in [2.24, 2.45) is 0 Å². The first-order chi connectivity index (χ1) is 14.5. The summed E-state index contributed by atoms with van der Waals surface area (Å²) in [6, 6.07) is 15.6. The van der Waals surface area contributed by atoms with Crippen molar-refractivity contribution >= 4 is 16.8 Å². The number of nitrogens with zero attached hydrogens (tertiary/aromatic N) is 1. The molecule has 5 heteroatoms. The second-order valence-electron chi connectivity index (χ2n) is 7.25. The number of hydrogen-bond donors (Lipinski definition) is 1. The highest BCUT2D eigenvalue weighted by molar-refractivity contribution is 7.80. The number of methoxy groups -OCH3 is 1. The van der Waals surface area contributed by atoms with Gasteiger partial charge in [-0.25, -0.2) is 4.21 Å². The zero-order chi connectivity index (χ0) is 21.5. The molecule has 2 unspecified atom stereocenters. The van der Waals surface area contributed by atoms with Crippen molar-refractivity contribution in [3.05, 3.63) is 83.6 Å². The van der Waals surface area contributed by atoms with Crippen LogP contribution in [0, 0.1) is 18.8 Å². The van der Waals surface area contributed by atoms with Crippen molar-refractivity contribution < 1.29 is 13.5 Å². The van der Waals surface area contributed by atoms with Crippen molar-refractivity contribution in [1.29, 1.82) is 0 Å². The third kappa shape index (κ3) is 5.21. The lowest BCUT2D eigenvalue weighted by molar-refractivity contribution is 0.415. The minimum Gasteiger partial charge on any atom is -0.497 e. The third-order valence-electron chi connectivity index (χ3n) is 5.14. The van der Waals surface area contributed by atoms with Crippen LogP contribution in [0.3, 0.4) is 0 Å². The minimum atomic E-state index is -2.01. The fourth-order valence-electron chi connectivity index (χ4n) is 3.57. The SMILES string of the molecule is C=CCC1=C(C#Cc2ccc(OC)cc2)N(c2ccc(C)cc2)C(S(=O)O)CCC1. The molecule has 0 bridgehead atoms. The molecular weight excluding hydrogens is 394 g/mol. The van der Waals surface area contributed by atoms with Gasteiger partial charge in [-0.3, -0.25) is 0 Å². The zero-order valence-electron chi connectivity index (χ0n) is 17.4. The van der Waals surface area contributed by atoms with Gasteiger partial charge >= 0.3 is 0 Å². The number of allylic oxidation sites excluding steroid dienone is 3. The van der Waals surface area contributed by atoms with Crippen LogP contribution in [-0.2, 0) is 11.1 Å². The molecule has 0 aromatic heterocycles. The Bertz CT molecular complexity index is 997. The van der Waals surface area contributed by atoms with Gasteiger partial charge in [0, 0.05) is 11.3 Å². The molecule has 1 heterocycles. The van der Waals surface area contributed by atoms with E-state index in [1.165, 1.54) is 0 Å². The van der Waals surface area contributed by atoms with E-state index in [-0.39, 0.29) is 0 Å². The first-order valence-electron chi connectivity index (χ1n) is 9.98. The van der Waals surface area contributed by atoms with E-state index in [1.54, 1.807) is 7.11 Å². The summed E-state index contributed by atoms with van der Waals surface area (Å²) >= 11 is -2.01. The van der Waals surface area contributed by atoms with Gasteiger partial charge in [0.15, 0.2) is 11.1 Å². The van der Waals surface area contributed by atoms with E-state index in [0.717, 1.165) is 46.7 Å². The Kier molecular flexibility index (Phi) is 7.51. The van der Waals surface area contributed by atoms with E-state index in [4.69, 9.17) is 4.74 Å². The molecule has 156 valence electrons. The molecule has 2 atom stereocenters. The van der Waals surface area contributed by atoms with Crippen molar-refractivity contribution in [2.45, 2.75) is 38.0 Å². The molecule has 0 radical (unpaired) electrons. The predicted octanol–water partition coefficient (Wildman–Crippen LogP) is 5.42. The number of aryl methyl sites for hydroxylation is 1. The van der Waals surface area contributed by atoms with E-state index in [1.807, 2.05) is 66.4 Å². The molecule has 1 N–H and O–H groups in total. The minimum absolute atomic E-state index is 0.546. The topological polar surface area (TPSA) is 49.8 Å². The highest BCUT2D eigenvalue weighted by atomic mass is 32.2. The Hall–Kier alpha value is -2.81. The number of anilines is 1. The Labute approximate surface area is 181 Å². The quantitative estimate of drug-likeness (QED) is 0.398. The molecule has 0 amide bonds. The third-order valence-corrected chi connectivity index (χ3v) is 6.06. The lowest BCUT2D eigenvalue weighted by Crippen LogP contribution is -2.37. The molecule has 3 rings (SSSR count). The average molecular weight is 422 g/mol. The van der Waals surface area contributed by atoms with Crippen LogP contribution in [0.2, 0.25) is 0 Å². The predicted molar refractivity (Wildman–Crippen MR) is 124 cm³/mol. The maximum Gasteiger partial charge on any atom is 0.176 e. The molecule has 0 fully saturated rings. The molecule has 1 aliphatic heterocycles. The molecular formula is C25H27NO3S. The number of hydrogen-bond acceptors (Lipinski definition) is 3. The fourth-order valence-corrected chi connectivity index (χ4v) is 4.35. The van der Waals surface area contributed by atoms with Crippen molar-refractivity contribution in [1.82, 2.24) is 0 Å². The van der Waals surface area contributed by atoms with Gasteiger partial charge in [0.25, 0.3) is 0 Å². The summed E-state index contributed by atoms with van der Waals surface area (Å²) in [6.07, 6.45) is 4.84. The van der Waals surface area contributed by atoms with E-state index in [9.17, 15) is 8.76 Å². The fraction of sp³-hybridized carbons (Fsp3) is 0.280. The molecule has 0 saturated carbocycles. The van der Waals surface area contributed by atoms with Gasteiger partial charge in [-0.05, 0) is 80.5 Å². The zero-order valence-corrected chi connectivity index (χ0v) is 18.2. The summed E-state index contributed by atoms with van der Waals surface area (Å²) in [5, 5.41) is -0.546. The van der Waals surface area contributed by atoms with E-state index in [2.05, 4.69) is 18.4 Å². The standard InChI is InChI=1S/C25H27NO3S/c1-4-6-21-7-5-8-25(30(27)28)26(22-14-9-19(2)10-15-22)24(21)18-13-20-11-16-23(29-3)17-12-20/h4,9-12,14-17,25H,1,5-8H2,2-3H3,(H,27,28). The van der Waals surface area contributed by atoms with Crippen LogP contribution in [0.15, 0.2) is 72.5 Å². The highest BCUT2D eigenvalue weighted by Gasteiger charge is 2.30. The average Bonchev–Trinajstić information content (AvgIpc) is 2.93. The smallest absolute Gasteiger partial charge is 0.176 e. The Morgan fingerprint density at radius 3 is 2.50 bits per heavy atom. The van der Waals surface area contributed by atoms with E-state index >= 15 is 0 Å². The monoisotopic (exact) mass is 421 g/mol. The second kappa shape index (κ2) is 10.3. The lowest BCUT2D eigenvalue weighted by atomic mass is 10.0. The van der Waals surface area contributed by atoms with Crippen LogP contribution < -0.4 is 9.64 Å². The van der Waals surface area contributed by atoms with Gasteiger partial charge < -0.3 is 14.2 Å². The largest absolute Gasteiger partial charge is 0.497 e. The molecule has 30 heavy (non-hydrogen) atoms. The van der Waals surface area contributed by atoms with Crippen molar-refractivity contribution in [2.75, 3.05) is 12.0 Å². The maximum absolute atomic E-state index is 12.3. The van der Waals surface area contributed by atoms with Gasteiger partial charge in [-0.15, -0.1) is 6.58 Å². The van der Waals surface area contributed by atoms with E-state index < -0.39 is 16.5 Å². The first-order valence-corrected chi connectivity index (χ1v) is 11.1. The van der Waals surface area contributed by atoms with Gasteiger partial charge in [0.05, 0.1) is 12.8 Å². The Balaban J connectivity index is 2.13. The summed E-state index contributed by atoms with van der Waals surface area (Å²) in [7, 11) is 1.63. The summed E-state index contributed by atoms with van der Waals surface area (Å²) in [5.74, 6) is 7.33. The highest BCUT2D eigenvalue weighted by Crippen LogP contribution is 2.33. The van der Waals surface area contributed by atoms with Gasteiger partial charge in [-0.2, -0.15) is 0 Å². The Morgan fingerprint density at radius 2 is 1.90 bits per heavy atom. The molecule has 0 spiro atoms. The van der Waals surface area contributed by atoms with Crippen LogP contribution in [0.5, 0.6) is 5.75 Å². The number of ether oxygens (including phenoxy) is 1. The molecule has 4 nitrogen and oxygen atoms in total. The lowest BCUT2D eigenvalue weighted by Gasteiger charge is -2.31. The first kappa shape index (κ1) is 21.9. The van der Waals surface area contributed by atoms with E-state index in [0.29, 0.717) is 12.8 Å². The summed E-state index contributed by atoms with van der Waals surface area (Å²) in [5.41, 5.74) is 4.79.